The smallest absolute Gasteiger partial charge is 0.341 e. The molecule has 0 heterocycles. The first-order valence-corrected chi connectivity index (χ1v) is 7.24. The molecule has 5 heteroatoms. The van der Waals surface area contributed by atoms with Gasteiger partial charge in [0, 0.05) is 5.69 Å². The fraction of sp³-hybridized carbons (Fsp3) is 0.222. The zero-order valence-corrected chi connectivity index (χ0v) is 13.1. The van der Waals surface area contributed by atoms with Gasteiger partial charge in [0.25, 0.3) is 0 Å². The Bertz CT molecular complexity index is 687. The number of amides is 1. The van der Waals surface area contributed by atoms with E-state index < -0.39 is 5.97 Å². The monoisotopic (exact) mass is 313 g/mol. The highest BCUT2D eigenvalue weighted by Crippen LogP contribution is 2.16. The fourth-order valence-electron chi connectivity index (χ4n) is 2.29. The lowest BCUT2D eigenvalue weighted by Crippen LogP contribution is -2.14. The Kier molecular flexibility index (Phi) is 5.36. The highest BCUT2D eigenvalue weighted by atomic mass is 16.5. The van der Waals surface area contributed by atoms with E-state index in [0.717, 1.165) is 22.4 Å². The standard InChI is InChI=1S/C18H19NO4/c1-12-7-13(2)9-15(8-12)19-17(20)10-14-3-5-16(6-4-14)23-11-18(21)22/h3-9H,10-11H2,1-2H3,(H,19,20)(H,21,22). The number of ether oxygens (including phenoxy) is 1. The lowest BCUT2D eigenvalue weighted by Gasteiger charge is -2.08. The molecule has 0 saturated carbocycles. The summed E-state index contributed by atoms with van der Waals surface area (Å²) in [6.07, 6.45) is 0.242. The van der Waals surface area contributed by atoms with E-state index in [4.69, 9.17) is 9.84 Å². The molecule has 120 valence electrons. The molecule has 2 aromatic carbocycles. The summed E-state index contributed by atoms with van der Waals surface area (Å²) in [6, 6.07) is 12.7. The number of carbonyl (C=O) groups excluding carboxylic acids is 1. The van der Waals surface area contributed by atoms with Gasteiger partial charge in [-0.2, -0.15) is 0 Å². The minimum absolute atomic E-state index is 0.103. The molecule has 0 unspecified atom stereocenters. The maximum atomic E-state index is 12.1. The van der Waals surface area contributed by atoms with E-state index in [0.29, 0.717) is 5.75 Å². The van der Waals surface area contributed by atoms with Crippen LogP contribution in [0.5, 0.6) is 5.75 Å². The Morgan fingerprint density at radius 1 is 1.04 bits per heavy atom. The molecular weight excluding hydrogens is 294 g/mol. The SMILES string of the molecule is Cc1cc(C)cc(NC(=O)Cc2ccc(OCC(=O)O)cc2)c1. The molecule has 0 fully saturated rings. The molecule has 0 bridgehead atoms. The van der Waals surface area contributed by atoms with Gasteiger partial charge in [0.05, 0.1) is 6.42 Å². The average Bonchev–Trinajstić information content (AvgIpc) is 2.45. The molecule has 1 amide bonds. The number of carbonyl (C=O) groups is 2. The second kappa shape index (κ2) is 7.45. The van der Waals surface area contributed by atoms with Crippen LogP contribution in [0.25, 0.3) is 0 Å². The van der Waals surface area contributed by atoms with Gasteiger partial charge in [0.15, 0.2) is 6.61 Å². The number of aliphatic carboxylic acids is 1. The predicted molar refractivity (Wildman–Crippen MR) is 87.8 cm³/mol. The van der Waals surface area contributed by atoms with Gasteiger partial charge in [0.2, 0.25) is 5.91 Å². The fourth-order valence-corrected chi connectivity index (χ4v) is 2.29. The van der Waals surface area contributed by atoms with Crippen molar-refractivity contribution < 1.29 is 19.4 Å². The molecule has 0 aromatic heterocycles. The second-order valence-electron chi connectivity index (χ2n) is 5.43. The molecule has 0 spiro atoms. The van der Waals surface area contributed by atoms with Gasteiger partial charge in [-0.3, -0.25) is 4.79 Å². The van der Waals surface area contributed by atoms with Crippen LogP contribution in [-0.4, -0.2) is 23.6 Å². The molecule has 0 radical (unpaired) electrons. The number of carboxylic acid groups (broad SMARTS) is 1. The summed E-state index contributed by atoms with van der Waals surface area (Å²) < 4.78 is 5.05. The van der Waals surface area contributed by atoms with Crippen molar-refractivity contribution in [3.05, 3.63) is 59.2 Å². The van der Waals surface area contributed by atoms with Crippen LogP contribution in [0.1, 0.15) is 16.7 Å². The number of anilines is 1. The molecule has 5 nitrogen and oxygen atoms in total. The van der Waals surface area contributed by atoms with Crippen LogP contribution in [0.3, 0.4) is 0 Å². The third-order valence-electron chi connectivity index (χ3n) is 3.16. The molecule has 2 N–H and O–H groups in total. The number of rotatable bonds is 6. The van der Waals surface area contributed by atoms with Crippen LogP contribution >= 0.6 is 0 Å². The largest absolute Gasteiger partial charge is 0.482 e. The molecule has 2 rings (SSSR count). The number of nitrogens with one attached hydrogen (secondary N) is 1. The molecule has 0 aliphatic carbocycles. The van der Waals surface area contributed by atoms with Crippen LogP contribution in [-0.2, 0) is 16.0 Å². The summed E-state index contributed by atoms with van der Waals surface area (Å²) >= 11 is 0. The number of hydrogen-bond donors (Lipinski definition) is 2. The van der Waals surface area contributed by atoms with Gasteiger partial charge in [-0.05, 0) is 54.8 Å². The minimum atomic E-state index is -1.03. The summed E-state index contributed by atoms with van der Waals surface area (Å²) in [4.78, 5) is 22.5. The van der Waals surface area contributed by atoms with Crippen LogP contribution in [0.2, 0.25) is 0 Å². The summed E-state index contributed by atoms with van der Waals surface area (Å²) in [5.74, 6) is -0.665. The molecule has 0 saturated heterocycles. The first-order chi connectivity index (χ1) is 10.9. The molecule has 23 heavy (non-hydrogen) atoms. The normalized spacial score (nSPS) is 10.2. The Morgan fingerprint density at radius 2 is 1.65 bits per heavy atom. The summed E-state index contributed by atoms with van der Waals surface area (Å²) in [5, 5.41) is 11.4. The van der Waals surface area contributed by atoms with E-state index >= 15 is 0 Å². The third kappa shape index (κ3) is 5.47. The Morgan fingerprint density at radius 3 is 2.22 bits per heavy atom. The van der Waals surface area contributed by atoms with Gasteiger partial charge >= 0.3 is 5.97 Å². The topological polar surface area (TPSA) is 75.6 Å². The average molecular weight is 313 g/mol. The molecular formula is C18H19NO4. The van der Waals surface area contributed by atoms with Crippen molar-refractivity contribution in [2.24, 2.45) is 0 Å². The van der Waals surface area contributed by atoms with Crippen LogP contribution in [0.4, 0.5) is 5.69 Å². The van der Waals surface area contributed by atoms with Gasteiger partial charge < -0.3 is 15.2 Å². The zero-order valence-electron chi connectivity index (χ0n) is 13.1. The van der Waals surface area contributed by atoms with Crippen molar-refractivity contribution in [3.63, 3.8) is 0 Å². The van der Waals surface area contributed by atoms with E-state index in [1.165, 1.54) is 0 Å². The van der Waals surface area contributed by atoms with Crippen LogP contribution in [0.15, 0.2) is 42.5 Å². The van der Waals surface area contributed by atoms with E-state index in [1.807, 2.05) is 32.0 Å². The van der Waals surface area contributed by atoms with Crippen molar-refractivity contribution in [2.45, 2.75) is 20.3 Å². The lowest BCUT2D eigenvalue weighted by molar-refractivity contribution is -0.139. The van der Waals surface area contributed by atoms with E-state index in [9.17, 15) is 9.59 Å². The van der Waals surface area contributed by atoms with Crippen molar-refractivity contribution in [3.8, 4) is 5.75 Å². The maximum Gasteiger partial charge on any atom is 0.341 e. The Hall–Kier alpha value is -2.82. The number of carboxylic acids is 1. The zero-order chi connectivity index (χ0) is 16.8. The highest BCUT2D eigenvalue weighted by Gasteiger charge is 2.06. The van der Waals surface area contributed by atoms with Gasteiger partial charge in [-0.25, -0.2) is 4.79 Å². The third-order valence-corrected chi connectivity index (χ3v) is 3.16. The van der Waals surface area contributed by atoms with Crippen molar-refractivity contribution in [1.29, 1.82) is 0 Å². The number of benzene rings is 2. The summed E-state index contributed by atoms with van der Waals surface area (Å²) in [7, 11) is 0. The van der Waals surface area contributed by atoms with Crippen molar-refractivity contribution in [1.82, 2.24) is 0 Å². The second-order valence-corrected chi connectivity index (χ2v) is 5.43. The molecule has 2 aromatic rings. The minimum Gasteiger partial charge on any atom is -0.482 e. The van der Waals surface area contributed by atoms with Gasteiger partial charge in [-0.15, -0.1) is 0 Å². The first kappa shape index (κ1) is 16.5. The van der Waals surface area contributed by atoms with Gasteiger partial charge in [0.1, 0.15) is 5.75 Å². The lowest BCUT2D eigenvalue weighted by atomic mass is 10.1. The van der Waals surface area contributed by atoms with Crippen LogP contribution < -0.4 is 10.1 Å². The molecule has 0 aliphatic rings. The van der Waals surface area contributed by atoms with Gasteiger partial charge in [-0.1, -0.05) is 18.2 Å². The maximum absolute atomic E-state index is 12.1. The highest BCUT2D eigenvalue weighted by molar-refractivity contribution is 5.92. The molecule has 0 aliphatic heterocycles. The van der Waals surface area contributed by atoms with E-state index in [1.54, 1.807) is 24.3 Å². The van der Waals surface area contributed by atoms with Crippen molar-refractivity contribution >= 4 is 17.6 Å². The van der Waals surface area contributed by atoms with E-state index in [2.05, 4.69) is 5.32 Å². The summed E-state index contributed by atoms with van der Waals surface area (Å²) in [5.41, 5.74) is 3.81. The van der Waals surface area contributed by atoms with Crippen molar-refractivity contribution in [2.75, 3.05) is 11.9 Å². The Balaban J connectivity index is 1.93. The predicted octanol–water partition coefficient (Wildman–Crippen LogP) is 2.95. The summed E-state index contributed by atoms with van der Waals surface area (Å²) in [6.45, 7) is 3.59. The number of hydrogen-bond acceptors (Lipinski definition) is 3. The quantitative estimate of drug-likeness (QED) is 0.859. The first-order valence-electron chi connectivity index (χ1n) is 7.24. The molecule has 0 atom stereocenters. The Labute approximate surface area is 134 Å². The van der Waals surface area contributed by atoms with Crippen LogP contribution in [0, 0.1) is 13.8 Å². The van der Waals surface area contributed by atoms with E-state index in [-0.39, 0.29) is 18.9 Å². The number of aryl methyl sites for hydroxylation is 2.